The lowest BCUT2D eigenvalue weighted by Gasteiger charge is -2.11. The Labute approximate surface area is 116 Å². The molecule has 1 aromatic rings. The van der Waals surface area contributed by atoms with Crippen molar-refractivity contribution in [3.05, 3.63) is 35.9 Å². The largest absolute Gasteiger partial charge is 0.491 e. The zero-order chi connectivity index (χ0) is 13.9. The Morgan fingerprint density at radius 1 is 1.26 bits per heavy atom. The summed E-state index contributed by atoms with van der Waals surface area (Å²) in [5, 5.41) is 3.32. The number of rotatable bonds is 9. The van der Waals surface area contributed by atoms with E-state index in [0.29, 0.717) is 13.2 Å². The third-order valence-electron chi connectivity index (χ3n) is 2.88. The molecule has 19 heavy (non-hydrogen) atoms. The lowest BCUT2D eigenvalue weighted by molar-refractivity contribution is 0.146. The highest BCUT2D eigenvalue weighted by Gasteiger charge is 2.04. The highest BCUT2D eigenvalue weighted by molar-refractivity contribution is 5.68. The first-order chi connectivity index (χ1) is 9.29. The molecular weight excluding hydrogens is 238 g/mol. The predicted octanol–water partition coefficient (Wildman–Crippen LogP) is 3.11. The molecule has 0 heterocycles. The summed E-state index contributed by atoms with van der Waals surface area (Å²) in [7, 11) is 1.68. The van der Waals surface area contributed by atoms with Crippen LogP contribution < -0.4 is 10.1 Å². The molecule has 0 amide bonds. The quantitative estimate of drug-likeness (QED) is 0.694. The van der Waals surface area contributed by atoms with Crippen molar-refractivity contribution in [1.82, 2.24) is 5.32 Å². The van der Waals surface area contributed by atoms with Gasteiger partial charge in [0.25, 0.3) is 0 Å². The van der Waals surface area contributed by atoms with Crippen LogP contribution >= 0.6 is 0 Å². The minimum Gasteiger partial charge on any atom is -0.491 e. The van der Waals surface area contributed by atoms with Crippen LogP contribution in [0.15, 0.2) is 30.3 Å². The van der Waals surface area contributed by atoms with Gasteiger partial charge in [-0.3, -0.25) is 0 Å². The number of hydrogen-bond donors (Lipinski definition) is 1. The molecule has 0 saturated heterocycles. The maximum absolute atomic E-state index is 5.74. The highest BCUT2D eigenvalue weighted by Crippen LogP contribution is 2.25. The van der Waals surface area contributed by atoms with E-state index >= 15 is 0 Å². The predicted molar refractivity (Wildman–Crippen MR) is 80.6 cm³/mol. The van der Waals surface area contributed by atoms with Crippen molar-refractivity contribution >= 4 is 5.57 Å². The van der Waals surface area contributed by atoms with E-state index in [9.17, 15) is 0 Å². The van der Waals surface area contributed by atoms with Crippen LogP contribution in [0.25, 0.3) is 5.57 Å². The van der Waals surface area contributed by atoms with Crippen molar-refractivity contribution in [2.75, 3.05) is 33.4 Å². The van der Waals surface area contributed by atoms with Crippen molar-refractivity contribution in [2.24, 2.45) is 0 Å². The summed E-state index contributed by atoms with van der Waals surface area (Å²) < 4.78 is 10.8. The van der Waals surface area contributed by atoms with Gasteiger partial charge < -0.3 is 14.8 Å². The van der Waals surface area contributed by atoms with Crippen molar-refractivity contribution in [3.63, 3.8) is 0 Å². The van der Waals surface area contributed by atoms with E-state index in [1.807, 2.05) is 18.2 Å². The molecule has 3 heteroatoms. The second kappa shape index (κ2) is 9.59. The van der Waals surface area contributed by atoms with Crippen LogP contribution in [0.2, 0.25) is 0 Å². The number of nitrogens with one attached hydrogen (secondary N) is 1. The minimum absolute atomic E-state index is 0.582. The Morgan fingerprint density at radius 2 is 2.05 bits per heavy atom. The van der Waals surface area contributed by atoms with Gasteiger partial charge >= 0.3 is 0 Å². The monoisotopic (exact) mass is 263 g/mol. The number of methoxy groups -OCH3 is 1. The Bertz CT molecular complexity index is 388. The van der Waals surface area contributed by atoms with Gasteiger partial charge in [-0.25, -0.2) is 0 Å². The molecular formula is C16H25NO2. The molecule has 0 aliphatic heterocycles. The van der Waals surface area contributed by atoms with Crippen LogP contribution in [-0.2, 0) is 4.74 Å². The van der Waals surface area contributed by atoms with Crippen molar-refractivity contribution in [2.45, 2.75) is 20.3 Å². The average Bonchev–Trinajstić information content (AvgIpc) is 2.44. The lowest BCUT2D eigenvalue weighted by atomic mass is 10.1. The van der Waals surface area contributed by atoms with E-state index in [1.54, 1.807) is 7.11 Å². The van der Waals surface area contributed by atoms with Crippen molar-refractivity contribution in [1.29, 1.82) is 0 Å². The SMILES string of the molecule is CCNCC/C=C(/C)c1ccccc1OCCOC. The molecule has 0 saturated carbocycles. The van der Waals surface area contributed by atoms with Gasteiger partial charge in [-0.1, -0.05) is 31.2 Å². The lowest BCUT2D eigenvalue weighted by Crippen LogP contribution is -2.13. The Morgan fingerprint density at radius 3 is 2.79 bits per heavy atom. The third kappa shape index (κ3) is 5.90. The Hall–Kier alpha value is -1.32. The van der Waals surface area contributed by atoms with Crippen LogP contribution in [0.5, 0.6) is 5.75 Å². The molecule has 0 unspecified atom stereocenters. The second-order valence-corrected chi connectivity index (χ2v) is 4.37. The molecule has 1 N–H and O–H groups in total. The summed E-state index contributed by atoms with van der Waals surface area (Å²) in [5.74, 6) is 0.928. The molecule has 0 aromatic heterocycles. The molecule has 0 fully saturated rings. The van der Waals surface area contributed by atoms with Crippen molar-refractivity contribution < 1.29 is 9.47 Å². The molecule has 0 aliphatic carbocycles. The topological polar surface area (TPSA) is 30.5 Å². The molecule has 0 atom stereocenters. The van der Waals surface area contributed by atoms with Gasteiger partial charge in [-0.15, -0.1) is 0 Å². The summed E-state index contributed by atoms with van der Waals surface area (Å²) in [6.45, 7) is 7.47. The molecule has 1 aromatic carbocycles. The first-order valence-electron chi connectivity index (χ1n) is 6.88. The van der Waals surface area contributed by atoms with Crippen LogP contribution in [0.3, 0.4) is 0 Å². The van der Waals surface area contributed by atoms with Crippen LogP contribution in [0.4, 0.5) is 0 Å². The van der Waals surface area contributed by atoms with Gasteiger partial charge in [0.05, 0.1) is 6.61 Å². The average molecular weight is 263 g/mol. The third-order valence-corrected chi connectivity index (χ3v) is 2.88. The fraction of sp³-hybridized carbons (Fsp3) is 0.500. The maximum Gasteiger partial charge on any atom is 0.126 e. The van der Waals surface area contributed by atoms with Crippen LogP contribution in [-0.4, -0.2) is 33.4 Å². The standard InChI is InChI=1S/C16H25NO2/c1-4-17-11-7-8-14(2)15-9-5-6-10-16(15)19-13-12-18-3/h5-6,8-10,17H,4,7,11-13H2,1-3H3/b14-8-. The normalized spacial score (nSPS) is 11.6. The summed E-state index contributed by atoms with van der Waals surface area (Å²) in [5.41, 5.74) is 2.42. The first kappa shape index (κ1) is 15.7. The van der Waals surface area contributed by atoms with Crippen LogP contribution in [0.1, 0.15) is 25.8 Å². The number of benzene rings is 1. The van der Waals surface area contributed by atoms with Gasteiger partial charge in [-0.05, 0) is 38.1 Å². The zero-order valence-corrected chi connectivity index (χ0v) is 12.2. The Kier molecular flexibility index (Phi) is 7.94. The smallest absolute Gasteiger partial charge is 0.126 e. The zero-order valence-electron chi connectivity index (χ0n) is 12.2. The number of allylic oxidation sites excluding steroid dienone is 1. The van der Waals surface area contributed by atoms with E-state index in [4.69, 9.17) is 9.47 Å². The van der Waals surface area contributed by atoms with E-state index in [1.165, 1.54) is 5.57 Å². The molecule has 0 bridgehead atoms. The summed E-state index contributed by atoms with van der Waals surface area (Å²) >= 11 is 0. The molecule has 3 nitrogen and oxygen atoms in total. The van der Waals surface area contributed by atoms with Crippen LogP contribution in [0, 0.1) is 0 Å². The van der Waals surface area contributed by atoms with Gasteiger partial charge in [0.2, 0.25) is 0 Å². The van der Waals surface area contributed by atoms with E-state index in [-0.39, 0.29) is 0 Å². The first-order valence-corrected chi connectivity index (χ1v) is 6.88. The van der Waals surface area contributed by atoms with E-state index in [0.717, 1.165) is 30.8 Å². The summed E-state index contributed by atoms with van der Waals surface area (Å²) in [6, 6.07) is 8.14. The van der Waals surface area contributed by atoms with E-state index in [2.05, 4.69) is 31.3 Å². The second-order valence-electron chi connectivity index (χ2n) is 4.37. The fourth-order valence-electron chi connectivity index (χ4n) is 1.83. The molecule has 0 radical (unpaired) electrons. The van der Waals surface area contributed by atoms with Gasteiger partial charge in [0, 0.05) is 12.7 Å². The minimum atomic E-state index is 0.582. The number of ether oxygens (including phenoxy) is 2. The summed E-state index contributed by atoms with van der Waals surface area (Å²) in [4.78, 5) is 0. The molecule has 1 rings (SSSR count). The fourth-order valence-corrected chi connectivity index (χ4v) is 1.83. The van der Waals surface area contributed by atoms with Gasteiger partial charge in [0.1, 0.15) is 12.4 Å². The molecule has 106 valence electrons. The Balaban J connectivity index is 2.64. The van der Waals surface area contributed by atoms with Gasteiger partial charge in [-0.2, -0.15) is 0 Å². The summed E-state index contributed by atoms with van der Waals surface area (Å²) in [6.07, 6.45) is 3.28. The van der Waals surface area contributed by atoms with Crippen molar-refractivity contribution in [3.8, 4) is 5.75 Å². The number of hydrogen-bond acceptors (Lipinski definition) is 3. The van der Waals surface area contributed by atoms with E-state index < -0.39 is 0 Å². The highest BCUT2D eigenvalue weighted by atomic mass is 16.5. The number of para-hydroxylation sites is 1. The maximum atomic E-state index is 5.74. The molecule has 0 spiro atoms. The molecule has 0 aliphatic rings. The van der Waals surface area contributed by atoms with Gasteiger partial charge in [0.15, 0.2) is 0 Å².